The van der Waals surface area contributed by atoms with Crippen LogP contribution < -0.4 is 10.5 Å². The molecule has 1 atom stereocenters. The van der Waals surface area contributed by atoms with Crippen LogP contribution in [0.2, 0.25) is 0 Å². The molecule has 0 amide bonds. The van der Waals surface area contributed by atoms with Gasteiger partial charge in [0.25, 0.3) is 5.69 Å². The molecule has 0 saturated heterocycles. The van der Waals surface area contributed by atoms with Gasteiger partial charge in [0.2, 0.25) is 0 Å². The fourth-order valence-electron chi connectivity index (χ4n) is 1.90. The van der Waals surface area contributed by atoms with Gasteiger partial charge in [-0.25, -0.2) is 0 Å². The lowest BCUT2D eigenvalue weighted by molar-refractivity contribution is -0.384. The molecule has 6 nitrogen and oxygen atoms in total. The zero-order chi connectivity index (χ0) is 15.9. The highest BCUT2D eigenvalue weighted by Crippen LogP contribution is 2.13. The van der Waals surface area contributed by atoms with Gasteiger partial charge in [-0.2, -0.15) is 0 Å². The molecule has 0 spiro atoms. The molecule has 114 valence electrons. The number of ketones is 1. The Kier molecular flexibility index (Phi) is 5.21. The SMILES string of the molecule is N[C@@H](Cc1ccc([N+](=O)[O-])cc1)C(=O)COc1ccccc1. The van der Waals surface area contributed by atoms with E-state index in [2.05, 4.69) is 0 Å². The number of ether oxygens (including phenoxy) is 1. The first-order valence-corrected chi connectivity index (χ1v) is 6.76. The molecule has 0 unspecified atom stereocenters. The number of nitro groups is 1. The van der Waals surface area contributed by atoms with E-state index in [0.29, 0.717) is 12.2 Å². The minimum atomic E-state index is -0.704. The summed E-state index contributed by atoms with van der Waals surface area (Å²) in [5.41, 5.74) is 6.63. The second-order valence-electron chi connectivity index (χ2n) is 4.80. The number of carbonyl (C=O) groups is 1. The first-order chi connectivity index (χ1) is 10.6. The fraction of sp³-hybridized carbons (Fsp3) is 0.188. The Morgan fingerprint density at radius 2 is 1.77 bits per heavy atom. The van der Waals surface area contributed by atoms with Crippen LogP contribution in [0.25, 0.3) is 0 Å². The van der Waals surface area contributed by atoms with Gasteiger partial charge in [-0.05, 0) is 24.1 Å². The summed E-state index contributed by atoms with van der Waals surface area (Å²) in [4.78, 5) is 22.0. The molecule has 0 aliphatic rings. The molecule has 2 rings (SSSR count). The lowest BCUT2D eigenvalue weighted by atomic mass is 10.0. The van der Waals surface area contributed by atoms with Crippen LogP contribution in [0.5, 0.6) is 5.75 Å². The van der Waals surface area contributed by atoms with Crippen molar-refractivity contribution < 1.29 is 14.5 Å². The van der Waals surface area contributed by atoms with Crippen LogP contribution in [0.3, 0.4) is 0 Å². The van der Waals surface area contributed by atoms with E-state index in [1.165, 1.54) is 12.1 Å². The molecule has 2 N–H and O–H groups in total. The van der Waals surface area contributed by atoms with E-state index in [0.717, 1.165) is 5.56 Å². The van der Waals surface area contributed by atoms with Crippen LogP contribution >= 0.6 is 0 Å². The molecule has 0 heterocycles. The van der Waals surface area contributed by atoms with Crippen molar-refractivity contribution in [2.45, 2.75) is 12.5 Å². The van der Waals surface area contributed by atoms with Gasteiger partial charge in [-0.1, -0.05) is 30.3 Å². The van der Waals surface area contributed by atoms with Gasteiger partial charge in [0.15, 0.2) is 5.78 Å². The largest absolute Gasteiger partial charge is 0.486 e. The van der Waals surface area contributed by atoms with Crippen LogP contribution in [0.1, 0.15) is 5.56 Å². The number of non-ortho nitro benzene ring substituents is 1. The van der Waals surface area contributed by atoms with Crippen LogP contribution in [0.15, 0.2) is 54.6 Å². The highest BCUT2D eigenvalue weighted by atomic mass is 16.6. The second-order valence-corrected chi connectivity index (χ2v) is 4.80. The topological polar surface area (TPSA) is 95.5 Å². The lowest BCUT2D eigenvalue weighted by Gasteiger charge is -2.11. The summed E-state index contributed by atoms with van der Waals surface area (Å²) in [5.74, 6) is 0.389. The number of Topliss-reactive ketones (excluding diaryl/α,β-unsaturated/α-hetero) is 1. The normalized spacial score (nSPS) is 11.7. The Balaban J connectivity index is 1.86. The number of nitro benzene ring substituents is 1. The van der Waals surface area contributed by atoms with Crippen LogP contribution in [0, 0.1) is 10.1 Å². The fourth-order valence-corrected chi connectivity index (χ4v) is 1.90. The number of rotatable bonds is 7. The van der Waals surface area contributed by atoms with Crippen molar-refractivity contribution in [3.05, 3.63) is 70.3 Å². The van der Waals surface area contributed by atoms with E-state index in [4.69, 9.17) is 10.5 Å². The van der Waals surface area contributed by atoms with Crippen LogP contribution in [-0.4, -0.2) is 23.4 Å². The van der Waals surface area contributed by atoms with E-state index in [1.807, 2.05) is 18.2 Å². The number of nitrogens with two attached hydrogens (primary N) is 1. The van der Waals surface area contributed by atoms with Gasteiger partial charge >= 0.3 is 0 Å². The summed E-state index contributed by atoms with van der Waals surface area (Å²) in [5, 5.41) is 10.6. The maximum absolute atomic E-state index is 11.9. The average Bonchev–Trinajstić information content (AvgIpc) is 2.54. The highest BCUT2D eigenvalue weighted by Gasteiger charge is 2.15. The molecule has 22 heavy (non-hydrogen) atoms. The maximum atomic E-state index is 11.9. The summed E-state index contributed by atoms with van der Waals surface area (Å²) >= 11 is 0. The second kappa shape index (κ2) is 7.33. The summed E-state index contributed by atoms with van der Waals surface area (Å²) in [6, 6.07) is 14.3. The molecule has 0 bridgehead atoms. The van der Waals surface area contributed by atoms with Gasteiger partial charge < -0.3 is 10.5 Å². The molecule has 0 aliphatic heterocycles. The van der Waals surface area contributed by atoms with Crippen LogP contribution in [0.4, 0.5) is 5.69 Å². The van der Waals surface area contributed by atoms with E-state index >= 15 is 0 Å². The highest BCUT2D eigenvalue weighted by molar-refractivity contribution is 5.85. The third-order valence-electron chi connectivity index (χ3n) is 3.14. The molecule has 0 aliphatic carbocycles. The summed E-state index contributed by atoms with van der Waals surface area (Å²) in [6.45, 7) is -0.0990. The van der Waals surface area contributed by atoms with Crippen molar-refractivity contribution >= 4 is 11.5 Å². The Hall–Kier alpha value is -2.73. The monoisotopic (exact) mass is 300 g/mol. The molecule has 0 saturated carbocycles. The number of nitrogens with zero attached hydrogens (tertiary/aromatic N) is 1. The Morgan fingerprint density at radius 3 is 2.36 bits per heavy atom. The molecule has 6 heteroatoms. The minimum absolute atomic E-state index is 0.0102. The van der Waals surface area contributed by atoms with Crippen molar-refractivity contribution in [3.8, 4) is 5.75 Å². The Bertz CT molecular complexity index is 641. The van der Waals surface area contributed by atoms with Gasteiger partial charge in [0, 0.05) is 12.1 Å². The smallest absolute Gasteiger partial charge is 0.269 e. The third kappa shape index (κ3) is 4.39. The number of benzene rings is 2. The van der Waals surface area contributed by atoms with Gasteiger partial charge in [0.05, 0.1) is 11.0 Å². The Morgan fingerprint density at radius 1 is 1.14 bits per heavy atom. The van der Waals surface area contributed by atoms with Crippen molar-refractivity contribution in [1.29, 1.82) is 0 Å². The number of carbonyl (C=O) groups excluding carboxylic acids is 1. The molecule has 0 aromatic heterocycles. The van der Waals surface area contributed by atoms with Crippen LogP contribution in [-0.2, 0) is 11.2 Å². The van der Waals surface area contributed by atoms with Crippen molar-refractivity contribution in [1.82, 2.24) is 0 Å². The summed E-state index contributed by atoms with van der Waals surface area (Å²) in [6.07, 6.45) is 0.314. The molecular formula is C16H16N2O4. The lowest BCUT2D eigenvalue weighted by Crippen LogP contribution is -2.36. The van der Waals surface area contributed by atoms with E-state index in [9.17, 15) is 14.9 Å². The number of hydrogen-bond acceptors (Lipinski definition) is 5. The molecule has 0 fully saturated rings. The van der Waals surface area contributed by atoms with Crippen molar-refractivity contribution in [2.24, 2.45) is 5.73 Å². The Labute approximate surface area is 127 Å². The first kappa shape index (κ1) is 15.7. The maximum Gasteiger partial charge on any atom is 0.269 e. The summed E-state index contributed by atoms with van der Waals surface area (Å²) in [7, 11) is 0. The van der Waals surface area contributed by atoms with E-state index in [1.54, 1.807) is 24.3 Å². The minimum Gasteiger partial charge on any atom is -0.486 e. The predicted molar refractivity (Wildman–Crippen MR) is 81.7 cm³/mol. The molecule has 2 aromatic carbocycles. The van der Waals surface area contributed by atoms with Crippen molar-refractivity contribution in [3.63, 3.8) is 0 Å². The molecule has 2 aromatic rings. The van der Waals surface area contributed by atoms with E-state index in [-0.39, 0.29) is 18.1 Å². The zero-order valence-corrected chi connectivity index (χ0v) is 11.8. The predicted octanol–water partition coefficient (Wildman–Crippen LogP) is 2.11. The van der Waals surface area contributed by atoms with Gasteiger partial charge in [0.1, 0.15) is 12.4 Å². The third-order valence-corrected chi connectivity index (χ3v) is 3.14. The molecule has 0 radical (unpaired) electrons. The van der Waals surface area contributed by atoms with Gasteiger partial charge in [-0.15, -0.1) is 0 Å². The zero-order valence-electron chi connectivity index (χ0n) is 11.8. The van der Waals surface area contributed by atoms with E-state index < -0.39 is 11.0 Å². The van der Waals surface area contributed by atoms with Gasteiger partial charge in [-0.3, -0.25) is 14.9 Å². The first-order valence-electron chi connectivity index (χ1n) is 6.76. The number of para-hydroxylation sites is 1. The standard InChI is InChI=1S/C16H16N2O4/c17-15(10-12-6-8-13(9-7-12)18(20)21)16(19)11-22-14-4-2-1-3-5-14/h1-9,15H,10-11,17H2/t15-/m0/s1. The number of hydrogen-bond donors (Lipinski definition) is 1. The quantitative estimate of drug-likeness (QED) is 0.624. The summed E-state index contributed by atoms with van der Waals surface area (Å²) < 4.78 is 5.36. The van der Waals surface area contributed by atoms with Crippen molar-refractivity contribution in [2.75, 3.05) is 6.61 Å². The average molecular weight is 300 g/mol. The molecular weight excluding hydrogens is 284 g/mol.